The number of halogens is 4. The van der Waals surface area contributed by atoms with Gasteiger partial charge in [0.2, 0.25) is 0 Å². The zero-order chi connectivity index (χ0) is 40.0. The Morgan fingerprint density at radius 1 is 0.804 bits per heavy atom. The van der Waals surface area contributed by atoms with Gasteiger partial charge in [0, 0.05) is 60.4 Å². The molecule has 0 amide bonds. The number of carboxylic acids is 1. The molecular formula is C37H37F4N11O2S2. The summed E-state index contributed by atoms with van der Waals surface area (Å²) in [7, 11) is 0. The number of aliphatic carboxylic acids is 1. The molecule has 0 saturated carbocycles. The Labute approximate surface area is 326 Å². The smallest absolute Gasteiger partial charge is 0.475 e. The van der Waals surface area contributed by atoms with Crippen LogP contribution in [0.1, 0.15) is 58.0 Å². The lowest BCUT2D eigenvalue weighted by molar-refractivity contribution is -0.192. The highest BCUT2D eigenvalue weighted by Crippen LogP contribution is 2.27. The molecule has 0 spiro atoms. The van der Waals surface area contributed by atoms with Crippen LogP contribution in [-0.4, -0.2) is 78.4 Å². The van der Waals surface area contributed by atoms with Gasteiger partial charge >= 0.3 is 12.1 Å². The number of thiophene rings is 2. The lowest BCUT2D eigenvalue weighted by Crippen LogP contribution is -2.21. The van der Waals surface area contributed by atoms with Crippen LogP contribution in [-0.2, 0) is 30.6 Å². The van der Waals surface area contributed by atoms with Crippen molar-refractivity contribution >= 4 is 51.6 Å². The number of aliphatic imine (C=N–C) groups is 1. The van der Waals surface area contributed by atoms with Crippen molar-refractivity contribution in [2.45, 2.75) is 72.5 Å². The van der Waals surface area contributed by atoms with Gasteiger partial charge in [0.1, 0.15) is 12.5 Å². The molecule has 0 radical (unpaired) electrons. The molecular weight excluding hydrogens is 771 g/mol. The van der Waals surface area contributed by atoms with Crippen LogP contribution in [0.3, 0.4) is 0 Å². The number of imidazole rings is 1. The molecule has 7 aromatic rings. The third-order valence-corrected chi connectivity index (χ3v) is 10.1. The van der Waals surface area contributed by atoms with Crippen LogP contribution < -0.4 is 0 Å². The molecule has 0 saturated heterocycles. The highest BCUT2D eigenvalue weighted by molar-refractivity contribution is 7.13. The van der Waals surface area contributed by atoms with E-state index < -0.39 is 18.8 Å². The van der Waals surface area contributed by atoms with Crippen molar-refractivity contribution in [3.05, 3.63) is 105 Å². The topological polar surface area (TPSA) is 154 Å². The van der Waals surface area contributed by atoms with Crippen LogP contribution in [0.4, 0.5) is 17.6 Å². The fourth-order valence-corrected chi connectivity index (χ4v) is 7.19. The van der Waals surface area contributed by atoms with E-state index in [-0.39, 0.29) is 0 Å². The van der Waals surface area contributed by atoms with Gasteiger partial charge in [0.25, 0.3) is 11.6 Å². The van der Waals surface area contributed by atoms with Gasteiger partial charge in [-0.3, -0.25) is 4.99 Å². The quantitative estimate of drug-likeness (QED) is 0.137. The molecule has 292 valence electrons. The van der Waals surface area contributed by atoms with Gasteiger partial charge in [-0.2, -0.15) is 23.1 Å². The molecule has 1 aliphatic rings. The van der Waals surface area contributed by atoms with E-state index in [0.29, 0.717) is 30.9 Å². The van der Waals surface area contributed by atoms with E-state index >= 15 is 0 Å². The number of hydrogen-bond donors (Lipinski definition) is 1. The summed E-state index contributed by atoms with van der Waals surface area (Å²) < 4.78 is 50.1. The van der Waals surface area contributed by atoms with Crippen molar-refractivity contribution in [2.75, 3.05) is 6.67 Å². The average Bonchev–Trinajstić information content (AvgIpc) is 3.99. The van der Waals surface area contributed by atoms with Crippen molar-refractivity contribution in [1.82, 2.24) is 48.7 Å². The van der Waals surface area contributed by atoms with Gasteiger partial charge in [-0.15, -0.1) is 32.9 Å². The lowest BCUT2D eigenvalue weighted by atomic mass is 10.1. The second-order valence-corrected chi connectivity index (χ2v) is 14.6. The Morgan fingerprint density at radius 3 is 1.88 bits per heavy atom. The summed E-state index contributed by atoms with van der Waals surface area (Å²) in [6.07, 6.45) is 2.94. The highest BCUT2D eigenvalue weighted by atomic mass is 32.1. The number of carboxylic acid groups (broad SMARTS) is 1. The van der Waals surface area contributed by atoms with Crippen LogP contribution in [0.5, 0.6) is 0 Å². The van der Waals surface area contributed by atoms with Crippen molar-refractivity contribution in [2.24, 2.45) is 4.99 Å². The van der Waals surface area contributed by atoms with Gasteiger partial charge in [-0.1, -0.05) is 18.2 Å². The lowest BCUT2D eigenvalue weighted by Gasteiger charge is -2.03. The summed E-state index contributed by atoms with van der Waals surface area (Å²) in [4.78, 5) is 38.6. The van der Waals surface area contributed by atoms with E-state index in [2.05, 4.69) is 53.7 Å². The summed E-state index contributed by atoms with van der Waals surface area (Å²) in [5.74, 6) is 0.947. The summed E-state index contributed by atoms with van der Waals surface area (Å²) in [5.41, 5.74) is 7.15. The first-order valence-electron chi connectivity index (χ1n) is 17.4. The molecule has 8 rings (SSSR count). The molecule has 0 unspecified atom stereocenters. The molecule has 0 aliphatic carbocycles. The van der Waals surface area contributed by atoms with E-state index in [1.54, 1.807) is 27.2 Å². The Morgan fingerprint density at radius 2 is 1.36 bits per heavy atom. The summed E-state index contributed by atoms with van der Waals surface area (Å²) in [5, 5.41) is 20.3. The predicted molar refractivity (Wildman–Crippen MR) is 206 cm³/mol. The number of alkyl halides is 4. The second kappa shape index (κ2) is 17.4. The Kier molecular flexibility index (Phi) is 12.4. The third-order valence-electron chi connectivity index (χ3n) is 8.32. The summed E-state index contributed by atoms with van der Waals surface area (Å²) >= 11 is 3.36. The molecule has 56 heavy (non-hydrogen) atoms. The van der Waals surface area contributed by atoms with Crippen molar-refractivity contribution in [3.8, 4) is 10.6 Å². The van der Waals surface area contributed by atoms with Crippen molar-refractivity contribution in [1.29, 1.82) is 0 Å². The predicted octanol–water partition coefficient (Wildman–Crippen LogP) is 7.68. The maximum Gasteiger partial charge on any atom is 0.490 e. The minimum absolute atomic E-state index is 0.312. The fourth-order valence-electron chi connectivity index (χ4n) is 5.80. The first kappa shape index (κ1) is 40.0. The van der Waals surface area contributed by atoms with Crippen LogP contribution in [0.15, 0.2) is 64.4 Å². The number of carbonyl (C=O) groups is 1. The monoisotopic (exact) mass is 807 g/mol. The number of fused-ring (bicyclic) bond motifs is 2. The third kappa shape index (κ3) is 9.94. The van der Waals surface area contributed by atoms with Crippen molar-refractivity contribution in [3.63, 3.8) is 0 Å². The van der Waals surface area contributed by atoms with Crippen LogP contribution >= 0.6 is 22.7 Å². The molecule has 8 heterocycles. The van der Waals surface area contributed by atoms with Crippen molar-refractivity contribution < 1.29 is 27.5 Å². The number of aromatic nitrogens is 10. The molecule has 0 aromatic carbocycles. The van der Waals surface area contributed by atoms with E-state index in [9.17, 15) is 17.6 Å². The molecule has 1 aliphatic heterocycles. The summed E-state index contributed by atoms with van der Waals surface area (Å²) in [6, 6.07) is 12.2. The van der Waals surface area contributed by atoms with Crippen LogP contribution in [0.2, 0.25) is 0 Å². The van der Waals surface area contributed by atoms with E-state index in [1.807, 2.05) is 72.6 Å². The average molecular weight is 808 g/mol. The molecule has 13 nitrogen and oxygen atoms in total. The maximum atomic E-state index is 12.9. The number of hydrogen-bond acceptors (Lipinski definition) is 11. The second-order valence-electron chi connectivity index (χ2n) is 12.7. The molecule has 0 bridgehead atoms. The molecule has 0 fully saturated rings. The first-order valence-corrected chi connectivity index (χ1v) is 19.2. The number of aryl methyl sites for hydroxylation is 8. The first-order chi connectivity index (χ1) is 26.8. The summed E-state index contributed by atoms with van der Waals surface area (Å²) in [6.45, 7) is 7.84. The largest absolute Gasteiger partial charge is 0.490 e. The van der Waals surface area contributed by atoms with Crippen LogP contribution in [0, 0.1) is 27.7 Å². The van der Waals surface area contributed by atoms with E-state index in [0.717, 1.165) is 75.8 Å². The fraction of sp³-hybridized carbons (Fsp3) is 0.324. The standard InChI is InChI=1S/C18H19FN6S.C17H17N5S.C2HF3O2/c1-12-10-13(2)25-18(20-12)22-16(23-25)5-6-17-21-14(11-24(17)8-7-19)15-4-3-9-26-15;1-11-10-12(2)22-17(18-11)20-16(21-22)8-6-13-5-7-14(19-13)15-4-3-9-23-15;3-2(4,5)1(6)7/h3-4,9-11H,5-8H2,1-2H3;3-4,7,9-10H,5-6,8H2,1-2H3;(H,6,7). The van der Waals surface area contributed by atoms with Gasteiger partial charge in [0.05, 0.1) is 27.7 Å². The van der Waals surface area contributed by atoms with Gasteiger partial charge in [-0.25, -0.2) is 33.2 Å². The normalized spacial score (nSPS) is 12.6. The number of allylic oxidation sites excluding steroid dienone is 1. The molecule has 19 heteroatoms. The Hall–Kier alpha value is -5.69. The number of rotatable bonds is 10. The van der Waals surface area contributed by atoms with Crippen LogP contribution in [0.25, 0.3) is 27.8 Å². The minimum Gasteiger partial charge on any atom is -0.475 e. The SMILES string of the molecule is Cc1cc(C)n2nc(CCC3=NC(c4cccs4)=CC3)nc2n1.Cc1cc(C)n2nc(CCc3nc(-c4cccs4)cn3CCF)nc2n1.O=C(O)C(F)(F)F. The molecule has 0 atom stereocenters. The van der Waals surface area contributed by atoms with E-state index in [4.69, 9.17) is 19.9 Å². The van der Waals surface area contributed by atoms with Gasteiger partial charge in [0.15, 0.2) is 11.6 Å². The van der Waals surface area contributed by atoms with Gasteiger partial charge in [-0.05, 0) is 69.1 Å². The molecule has 1 N–H and O–H groups in total. The minimum atomic E-state index is -5.08. The maximum absolute atomic E-state index is 12.9. The molecule has 7 aromatic heterocycles. The number of nitrogens with zero attached hydrogens (tertiary/aromatic N) is 11. The Balaban J connectivity index is 0.000000164. The van der Waals surface area contributed by atoms with E-state index in [1.165, 1.54) is 10.6 Å². The zero-order valence-electron chi connectivity index (χ0n) is 30.8. The highest BCUT2D eigenvalue weighted by Gasteiger charge is 2.38. The zero-order valence-corrected chi connectivity index (χ0v) is 32.5. The van der Waals surface area contributed by atoms with Gasteiger partial charge < -0.3 is 9.67 Å². The Bertz CT molecular complexity index is 2500.